The third-order valence-corrected chi connectivity index (χ3v) is 10.5. The number of hydrogen-bond acceptors (Lipinski definition) is 3. The number of nitrogens with zero attached hydrogens (tertiary/aromatic N) is 2. The smallest absolute Gasteiger partial charge is 0.220 e. The summed E-state index contributed by atoms with van der Waals surface area (Å²) in [4.78, 5) is 17.5. The quantitative estimate of drug-likeness (QED) is 0.583. The van der Waals surface area contributed by atoms with Crippen molar-refractivity contribution < 1.29 is 9.90 Å². The molecule has 8 rings (SSSR count). The molecule has 2 N–H and O–H groups in total. The Labute approximate surface area is 208 Å². The van der Waals surface area contributed by atoms with Crippen LogP contribution in [0.5, 0.6) is 0 Å². The van der Waals surface area contributed by atoms with Crippen LogP contribution in [0.3, 0.4) is 0 Å². The molecule has 4 unspecified atom stereocenters. The van der Waals surface area contributed by atoms with Gasteiger partial charge in [0.1, 0.15) is 0 Å². The molecule has 1 aliphatic heterocycles. The summed E-state index contributed by atoms with van der Waals surface area (Å²) in [6.07, 6.45) is 17.2. The molecule has 1 aromatic heterocycles. The van der Waals surface area contributed by atoms with Gasteiger partial charge in [0.25, 0.3) is 0 Å². The number of fused-ring (bicyclic) bond motifs is 3. The average Bonchev–Trinajstić information content (AvgIpc) is 3.41. The molecular formula is C30H39N3O2. The number of rotatable bonds is 6. The van der Waals surface area contributed by atoms with Gasteiger partial charge in [0.05, 0.1) is 30.4 Å². The zero-order valence-corrected chi connectivity index (χ0v) is 20.7. The van der Waals surface area contributed by atoms with E-state index in [1.54, 1.807) is 0 Å². The van der Waals surface area contributed by atoms with Crippen molar-refractivity contribution in [3.05, 3.63) is 42.4 Å². The van der Waals surface area contributed by atoms with Crippen LogP contribution in [0.1, 0.15) is 88.7 Å². The summed E-state index contributed by atoms with van der Waals surface area (Å²) < 4.78 is 2.26. The minimum atomic E-state index is -0.314. The summed E-state index contributed by atoms with van der Waals surface area (Å²) >= 11 is 0. The second-order valence-corrected chi connectivity index (χ2v) is 12.7. The molecule has 0 spiro atoms. The summed E-state index contributed by atoms with van der Waals surface area (Å²) in [6, 6.07) is 8.76. The first-order chi connectivity index (χ1) is 17.1. The largest absolute Gasteiger partial charge is 0.393 e. The highest BCUT2D eigenvalue weighted by Gasteiger charge is 2.57. The van der Waals surface area contributed by atoms with Gasteiger partial charge in [0.15, 0.2) is 0 Å². The van der Waals surface area contributed by atoms with E-state index in [0.29, 0.717) is 29.6 Å². The fourth-order valence-electron chi connectivity index (χ4n) is 9.40. The second-order valence-electron chi connectivity index (χ2n) is 12.7. The molecule has 35 heavy (non-hydrogen) atoms. The highest BCUT2D eigenvalue weighted by atomic mass is 16.3. The van der Waals surface area contributed by atoms with E-state index in [9.17, 15) is 9.90 Å². The van der Waals surface area contributed by atoms with Gasteiger partial charge in [-0.15, -0.1) is 0 Å². The van der Waals surface area contributed by atoms with Gasteiger partial charge >= 0.3 is 0 Å². The molecule has 5 aliphatic carbocycles. The highest BCUT2D eigenvalue weighted by molar-refractivity contribution is 5.77. The van der Waals surface area contributed by atoms with Crippen molar-refractivity contribution in [3.63, 3.8) is 0 Å². The van der Waals surface area contributed by atoms with Crippen LogP contribution in [0.25, 0.3) is 11.3 Å². The number of amides is 1. The lowest BCUT2D eigenvalue weighted by Gasteiger charge is -2.61. The van der Waals surface area contributed by atoms with E-state index in [4.69, 9.17) is 0 Å². The molecule has 4 bridgehead atoms. The van der Waals surface area contributed by atoms with Crippen LogP contribution in [0.4, 0.5) is 0 Å². The SMILES string of the molecule is O=C(CC1CCCCC1)NC12CC3CC(C1)C(C(O)CC1c4ccccc4-c4cncn41)C(C3)C2. The summed E-state index contributed by atoms with van der Waals surface area (Å²) in [5.74, 6) is 3.03. The lowest BCUT2D eigenvalue weighted by molar-refractivity contribution is -0.136. The Morgan fingerprint density at radius 1 is 1.11 bits per heavy atom. The van der Waals surface area contributed by atoms with Crippen molar-refractivity contribution in [2.45, 2.75) is 94.7 Å². The summed E-state index contributed by atoms with van der Waals surface area (Å²) in [5.41, 5.74) is 3.74. The van der Waals surface area contributed by atoms with Crippen molar-refractivity contribution in [2.75, 3.05) is 0 Å². The third-order valence-electron chi connectivity index (χ3n) is 10.5. The van der Waals surface area contributed by atoms with Crippen LogP contribution < -0.4 is 5.32 Å². The predicted molar refractivity (Wildman–Crippen MR) is 136 cm³/mol. The predicted octanol–water partition coefficient (Wildman–Crippen LogP) is 5.49. The Morgan fingerprint density at radius 3 is 2.69 bits per heavy atom. The summed E-state index contributed by atoms with van der Waals surface area (Å²) in [6.45, 7) is 0. The number of nitrogens with one attached hydrogen (secondary N) is 1. The monoisotopic (exact) mass is 473 g/mol. The van der Waals surface area contributed by atoms with E-state index in [1.165, 1.54) is 61.8 Å². The van der Waals surface area contributed by atoms with Gasteiger partial charge in [-0.05, 0) is 86.5 Å². The van der Waals surface area contributed by atoms with Crippen LogP contribution in [0.2, 0.25) is 0 Å². The summed E-state index contributed by atoms with van der Waals surface area (Å²) in [7, 11) is 0. The lowest BCUT2D eigenvalue weighted by Crippen LogP contribution is -2.63. The molecule has 0 radical (unpaired) electrons. The van der Waals surface area contributed by atoms with E-state index < -0.39 is 0 Å². The Balaban J connectivity index is 1.06. The first-order valence-corrected chi connectivity index (χ1v) is 14.2. The number of carbonyl (C=O) groups excluding carboxylic acids is 1. The maximum atomic E-state index is 13.1. The first kappa shape index (κ1) is 22.1. The van der Waals surface area contributed by atoms with Crippen LogP contribution in [0, 0.1) is 29.6 Å². The number of imidazole rings is 1. The van der Waals surface area contributed by atoms with Gasteiger partial charge in [-0.2, -0.15) is 0 Å². The minimum absolute atomic E-state index is 0.00402. The molecule has 1 aromatic carbocycles. The van der Waals surface area contributed by atoms with Gasteiger partial charge in [0.2, 0.25) is 5.91 Å². The Kier molecular flexibility index (Phi) is 5.34. The van der Waals surface area contributed by atoms with Crippen LogP contribution in [-0.4, -0.2) is 32.2 Å². The maximum absolute atomic E-state index is 13.1. The van der Waals surface area contributed by atoms with Crippen LogP contribution in [-0.2, 0) is 4.79 Å². The zero-order valence-electron chi connectivity index (χ0n) is 20.7. The molecule has 0 saturated heterocycles. The van der Waals surface area contributed by atoms with E-state index in [2.05, 4.69) is 39.1 Å². The molecule has 5 fully saturated rings. The van der Waals surface area contributed by atoms with Crippen molar-refractivity contribution in [1.82, 2.24) is 14.9 Å². The van der Waals surface area contributed by atoms with Crippen molar-refractivity contribution in [2.24, 2.45) is 29.6 Å². The molecule has 4 atom stereocenters. The van der Waals surface area contributed by atoms with E-state index in [-0.39, 0.29) is 17.7 Å². The fourth-order valence-corrected chi connectivity index (χ4v) is 9.40. The van der Waals surface area contributed by atoms with Crippen LogP contribution >= 0.6 is 0 Å². The second kappa shape index (κ2) is 8.47. The van der Waals surface area contributed by atoms with Crippen molar-refractivity contribution in [3.8, 4) is 11.3 Å². The zero-order chi connectivity index (χ0) is 23.6. The average molecular weight is 474 g/mol. The Hall–Kier alpha value is -2.14. The number of aromatic nitrogens is 2. The lowest BCUT2D eigenvalue weighted by atomic mass is 9.48. The Bertz CT molecular complexity index is 1090. The minimum Gasteiger partial charge on any atom is -0.393 e. The van der Waals surface area contributed by atoms with E-state index >= 15 is 0 Å². The normalized spacial score (nSPS) is 36.1. The molecule has 186 valence electrons. The van der Waals surface area contributed by atoms with Gasteiger partial charge in [0, 0.05) is 17.5 Å². The van der Waals surface area contributed by atoms with E-state index in [0.717, 1.165) is 38.0 Å². The maximum Gasteiger partial charge on any atom is 0.220 e. The number of hydrogen-bond donors (Lipinski definition) is 2. The molecule has 5 nitrogen and oxygen atoms in total. The van der Waals surface area contributed by atoms with Crippen molar-refractivity contribution >= 4 is 5.91 Å². The molecule has 1 amide bonds. The third kappa shape index (κ3) is 3.77. The number of benzene rings is 1. The van der Waals surface area contributed by atoms with Crippen molar-refractivity contribution in [1.29, 1.82) is 0 Å². The number of carbonyl (C=O) groups is 1. The summed E-state index contributed by atoms with van der Waals surface area (Å²) in [5, 5.41) is 15.3. The van der Waals surface area contributed by atoms with Gasteiger partial charge < -0.3 is 15.0 Å². The Morgan fingerprint density at radius 2 is 1.89 bits per heavy atom. The fraction of sp³-hybridized carbons (Fsp3) is 0.667. The highest BCUT2D eigenvalue weighted by Crippen LogP contribution is 2.60. The molecule has 2 aromatic rings. The number of aliphatic hydroxyl groups excluding tert-OH is 1. The molecule has 2 heterocycles. The van der Waals surface area contributed by atoms with Gasteiger partial charge in [-0.3, -0.25) is 4.79 Å². The first-order valence-electron chi connectivity index (χ1n) is 14.2. The molecule has 5 heteroatoms. The molecule has 5 saturated carbocycles. The topological polar surface area (TPSA) is 67.2 Å². The standard InChI is InChI=1S/C30H39N3O2/c34-27(13-25-23-8-4-5-9-24(23)26-17-31-18-33(25)26)29-21-10-20-11-22(29)16-30(14-20,15-21)32-28(35)12-19-6-2-1-3-7-19/h4-5,8-9,17-22,25,27,29,34H,1-3,6-7,10-16H2,(H,32,35). The number of aliphatic hydroxyl groups is 1. The van der Waals surface area contributed by atoms with Gasteiger partial charge in [-0.1, -0.05) is 43.5 Å². The molecule has 6 aliphatic rings. The van der Waals surface area contributed by atoms with Crippen LogP contribution in [0.15, 0.2) is 36.8 Å². The van der Waals surface area contributed by atoms with Gasteiger partial charge in [-0.25, -0.2) is 4.98 Å². The molecular weight excluding hydrogens is 434 g/mol. The van der Waals surface area contributed by atoms with E-state index in [1.807, 2.05) is 12.5 Å².